The highest BCUT2D eigenvalue weighted by atomic mass is 32.1. The van der Waals surface area contributed by atoms with E-state index < -0.39 is 6.04 Å². The van der Waals surface area contributed by atoms with Gasteiger partial charge in [-0.25, -0.2) is 0 Å². The normalized spacial score (nSPS) is 15.1. The molecular formula is C30H34N6O6S. The lowest BCUT2D eigenvalue weighted by molar-refractivity contribution is -0.142. The Morgan fingerprint density at radius 1 is 1.09 bits per heavy atom. The zero-order valence-corrected chi connectivity index (χ0v) is 25.1. The Balaban J connectivity index is 1.41. The summed E-state index contributed by atoms with van der Waals surface area (Å²) in [6.45, 7) is 1.02. The Labute approximate surface area is 253 Å². The lowest BCUT2D eigenvalue weighted by Crippen LogP contribution is -2.45. The first-order valence-corrected chi connectivity index (χ1v) is 14.7. The predicted octanol–water partition coefficient (Wildman–Crippen LogP) is 3.49. The highest BCUT2D eigenvalue weighted by Crippen LogP contribution is 2.31. The fourth-order valence-corrected chi connectivity index (χ4v) is 5.69. The van der Waals surface area contributed by atoms with Gasteiger partial charge < -0.3 is 29.2 Å². The number of nitrogens with one attached hydrogen (secondary N) is 1. The number of ether oxygens (including phenoxy) is 4. The third-order valence-electron chi connectivity index (χ3n) is 7.10. The van der Waals surface area contributed by atoms with Crippen molar-refractivity contribution in [3.05, 3.63) is 70.4 Å². The molecule has 0 saturated carbocycles. The Bertz CT molecular complexity index is 1500. The largest absolute Gasteiger partial charge is 0.497 e. The molecule has 0 radical (unpaired) electrons. The fraction of sp³-hybridized carbons (Fsp3) is 0.367. The first-order valence-electron chi connectivity index (χ1n) is 13.8. The van der Waals surface area contributed by atoms with Crippen LogP contribution in [0, 0.1) is 0 Å². The van der Waals surface area contributed by atoms with Crippen LogP contribution in [0.3, 0.4) is 0 Å². The number of methoxy groups -OCH3 is 3. The zero-order chi connectivity index (χ0) is 30.2. The maximum absolute atomic E-state index is 14.0. The van der Waals surface area contributed by atoms with E-state index >= 15 is 0 Å². The summed E-state index contributed by atoms with van der Waals surface area (Å²) in [5.74, 6) is 1.47. The molecule has 1 fully saturated rings. The van der Waals surface area contributed by atoms with Gasteiger partial charge in [-0.15, -0.1) is 21.5 Å². The standard InChI is InChI=1S/C30H34N6O6S/c1-39-22-11-8-20(9-12-22)18-35(28(26-7-5-15-43-26)30(38)31-17-23-6-4-14-42-23)27(37)19-36-33-29(32-34-36)21-10-13-24(40-2)25(16-21)41-3/h5,7-13,15-16,23,28H,4,6,14,17-19H2,1-3H3,(H,31,38)/t23-,28+/m1/s1. The topological polar surface area (TPSA) is 130 Å². The summed E-state index contributed by atoms with van der Waals surface area (Å²) in [5, 5.41) is 17.6. The van der Waals surface area contributed by atoms with Crippen molar-refractivity contribution in [1.29, 1.82) is 0 Å². The molecular weight excluding hydrogens is 572 g/mol. The van der Waals surface area contributed by atoms with Gasteiger partial charge in [-0.05, 0) is 65.4 Å². The van der Waals surface area contributed by atoms with E-state index in [1.165, 1.54) is 16.1 Å². The number of rotatable bonds is 13. The van der Waals surface area contributed by atoms with Crippen LogP contribution in [0.2, 0.25) is 0 Å². The molecule has 12 nitrogen and oxygen atoms in total. The van der Waals surface area contributed by atoms with Gasteiger partial charge in [-0.3, -0.25) is 9.59 Å². The van der Waals surface area contributed by atoms with Crippen molar-refractivity contribution >= 4 is 23.2 Å². The lowest BCUT2D eigenvalue weighted by atomic mass is 10.1. The van der Waals surface area contributed by atoms with Gasteiger partial charge in [0.2, 0.25) is 17.6 Å². The van der Waals surface area contributed by atoms with Crippen LogP contribution in [-0.4, -0.2) is 77.5 Å². The minimum absolute atomic E-state index is 0.0342. The molecule has 1 N–H and O–H groups in total. The second-order valence-electron chi connectivity index (χ2n) is 9.88. The van der Waals surface area contributed by atoms with E-state index in [-0.39, 0.29) is 31.0 Å². The smallest absolute Gasteiger partial charge is 0.248 e. The average molecular weight is 607 g/mol. The van der Waals surface area contributed by atoms with Gasteiger partial charge in [-0.1, -0.05) is 18.2 Å². The van der Waals surface area contributed by atoms with E-state index in [0.29, 0.717) is 41.8 Å². The summed E-state index contributed by atoms with van der Waals surface area (Å²) in [7, 11) is 4.70. The monoisotopic (exact) mass is 606 g/mol. The highest BCUT2D eigenvalue weighted by molar-refractivity contribution is 7.10. The second-order valence-corrected chi connectivity index (χ2v) is 10.9. The van der Waals surface area contributed by atoms with E-state index in [0.717, 1.165) is 23.3 Å². The zero-order valence-electron chi connectivity index (χ0n) is 24.3. The molecule has 2 amide bonds. The first-order chi connectivity index (χ1) is 21.0. The minimum Gasteiger partial charge on any atom is -0.497 e. The Kier molecular flexibility index (Phi) is 9.84. The average Bonchev–Trinajstić information content (AvgIpc) is 3.84. The SMILES string of the molecule is COc1ccc(CN(C(=O)Cn2nnc(-c3ccc(OC)c(OC)c3)n2)[C@H](C(=O)NC[C@H]2CCCO2)c2cccs2)cc1. The summed E-state index contributed by atoms with van der Waals surface area (Å²) >= 11 is 1.42. The first kappa shape index (κ1) is 30.0. The molecule has 13 heteroatoms. The second kappa shape index (κ2) is 14.1. The number of benzene rings is 2. The summed E-state index contributed by atoms with van der Waals surface area (Å²) in [6.07, 6.45) is 1.82. The highest BCUT2D eigenvalue weighted by Gasteiger charge is 2.33. The molecule has 2 aromatic heterocycles. The molecule has 4 aromatic rings. The molecule has 2 aromatic carbocycles. The van der Waals surface area contributed by atoms with Gasteiger partial charge in [0.1, 0.15) is 18.3 Å². The van der Waals surface area contributed by atoms with Gasteiger partial charge in [0.25, 0.3) is 0 Å². The number of thiophene rings is 1. The summed E-state index contributed by atoms with van der Waals surface area (Å²) < 4.78 is 21.7. The molecule has 1 saturated heterocycles. The quantitative estimate of drug-likeness (QED) is 0.243. The molecule has 1 aliphatic rings. The Hall–Kier alpha value is -4.49. The number of aromatic nitrogens is 4. The van der Waals surface area contributed by atoms with Crippen LogP contribution in [-0.2, 0) is 27.4 Å². The molecule has 2 atom stereocenters. The number of carbonyl (C=O) groups excluding carboxylic acids is 2. The molecule has 0 unspecified atom stereocenters. The van der Waals surface area contributed by atoms with E-state index in [1.807, 2.05) is 41.8 Å². The van der Waals surface area contributed by atoms with Crippen LogP contribution in [0.4, 0.5) is 0 Å². The van der Waals surface area contributed by atoms with Crippen LogP contribution in [0.5, 0.6) is 17.2 Å². The van der Waals surface area contributed by atoms with Crippen LogP contribution >= 0.6 is 11.3 Å². The number of nitrogens with zero attached hydrogens (tertiary/aromatic N) is 5. The number of hydrogen-bond acceptors (Lipinski definition) is 10. The molecule has 226 valence electrons. The summed E-state index contributed by atoms with van der Waals surface area (Å²) in [5.41, 5.74) is 1.48. The minimum atomic E-state index is -0.871. The molecule has 3 heterocycles. The molecule has 0 spiro atoms. The van der Waals surface area contributed by atoms with Crippen molar-refractivity contribution in [3.63, 3.8) is 0 Å². The maximum Gasteiger partial charge on any atom is 0.248 e. The third kappa shape index (κ3) is 7.30. The van der Waals surface area contributed by atoms with Gasteiger partial charge in [0, 0.05) is 30.1 Å². The molecule has 1 aliphatic heterocycles. The number of carbonyl (C=O) groups is 2. The number of tetrazole rings is 1. The van der Waals surface area contributed by atoms with Crippen molar-refractivity contribution in [2.45, 2.75) is 38.1 Å². The lowest BCUT2D eigenvalue weighted by Gasteiger charge is -2.31. The van der Waals surface area contributed by atoms with Crippen LogP contribution in [0.1, 0.15) is 29.3 Å². The summed E-state index contributed by atoms with van der Waals surface area (Å²) in [6, 6.07) is 15.5. The molecule has 5 rings (SSSR count). The Morgan fingerprint density at radius 3 is 2.58 bits per heavy atom. The fourth-order valence-electron chi connectivity index (χ4n) is 4.85. The van der Waals surface area contributed by atoms with Gasteiger partial charge in [0.05, 0.1) is 27.4 Å². The van der Waals surface area contributed by atoms with Gasteiger partial charge >= 0.3 is 0 Å². The third-order valence-corrected chi connectivity index (χ3v) is 8.03. The van der Waals surface area contributed by atoms with Gasteiger partial charge in [-0.2, -0.15) is 4.80 Å². The number of hydrogen-bond donors (Lipinski definition) is 1. The maximum atomic E-state index is 14.0. The van der Waals surface area contributed by atoms with Crippen LogP contribution < -0.4 is 19.5 Å². The summed E-state index contributed by atoms with van der Waals surface area (Å²) in [4.78, 5) is 31.3. The molecule has 43 heavy (non-hydrogen) atoms. The molecule has 0 bridgehead atoms. The Morgan fingerprint density at radius 2 is 1.91 bits per heavy atom. The van der Waals surface area contributed by atoms with Crippen molar-refractivity contribution in [1.82, 2.24) is 30.4 Å². The molecule has 0 aliphatic carbocycles. The van der Waals surface area contributed by atoms with E-state index in [9.17, 15) is 9.59 Å². The van der Waals surface area contributed by atoms with Crippen molar-refractivity contribution < 1.29 is 28.5 Å². The van der Waals surface area contributed by atoms with E-state index in [4.69, 9.17) is 18.9 Å². The number of amides is 2. The van der Waals surface area contributed by atoms with Gasteiger partial charge in [0.15, 0.2) is 11.5 Å². The van der Waals surface area contributed by atoms with Crippen molar-refractivity contribution in [3.8, 4) is 28.6 Å². The van der Waals surface area contributed by atoms with Crippen LogP contribution in [0.15, 0.2) is 60.0 Å². The van der Waals surface area contributed by atoms with E-state index in [2.05, 4.69) is 20.7 Å². The van der Waals surface area contributed by atoms with Crippen LogP contribution in [0.25, 0.3) is 11.4 Å². The van der Waals surface area contributed by atoms with E-state index in [1.54, 1.807) is 44.4 Å². The van der Waals surface area contributed by atoms with Crippen molar-refractivity contribution in [2.75, 3.05) is 34.5 Å². The predicted molar refractivity (Wildman–Crippen MR) is 159 cm³/mol. The van der Waals surface area contributed by atoms with Crippen molar-refractivity contribution in [2.24, 2.45) is 0 Å².